The van der Waals surface area contributed by atoms with Crippen LogP contribution in [0, 0.1) is 0 Å². The van der Waals surface area contributed by atoms with Crippen LogP contribution in [-0.4, -0.2) is 63.7 Å². The SMILES string of the molecule is CCc1cc(C(=O)N2CCN(C)CC2)c2c(C3CC3)nn(-c3ccccc3)c2n1. The van der Waals surface area contributed by atoms with Crippen molar-refractivity contribution in [1.82, 2.24) is 24.6 Å². The highest BCUT2D eigenvalue weighted by atomic mass is 16.2. The predicted molar refractivity (Wildman–Crippen MR) is 114 cm³/mol. The number of fused-ring (bicyclic) bond motifs is 1. The van der Waals surface area contributed by atoms with E-state index >= 15 is 0 Å². The van der Waals surface area contributed by atoms with Crippen LogP contribution in [0.25, 0.3) is 16.7 Å². The first-order chi connectivity index (χ1) is 14.2. The molecule has 0 unspecified atom stereocenters. The van der Waals surface area contributed by atoms with E-state index in [9.17, 15) is 4.79 Å². The maximum absolute atomic E-state index is 13.6. The van der Waals surface area contributed by atoms with Gasteiger partial charge in [-0.15, -0.1) is 0 Å². The second kappa shape index (κ2) is 7.26. The monoisotopic (exact) mass is 389 g/mol. The van der Waals surface area contributed by atoms with Gasteiger partial charge in [0, 0.05) is 37.8 Å². The third-order valence-corrected chi connectivity index (χ3v) is 6.07. The second-order valence-electron chi connectivity index (χ2n) is 8.22. The van der Waals surface area contributed by atoms with Crippen LogP contribution in [0.3, 0.4) is 0 Å². The number of carbonyl (C=O) groups is 1. The molecule has 6 nitrogen and oxygen atoms in total. The lowest BCUT2D eigenvalue weighted by molar-refractivity contribution is 0.0666. The third-order valence-electron chi connectivity index (χ3n) is 6.07. The lowest BCUT2D eigenvalue weighted by Crippen LogP contribution is -2.47. The number of pyridine rings is 1. The molecule has 3 heterocycles. The van der Waals surface area contributed by atoms with Crippen molar-refractivity contribution in [3.8, 4) is 5.69 Å². The summed E-state index contributed by atoms with van der Waals surface area (Å²) in [4.78, 5) is 22.8. The zero-order valence-corrected chi connectivity index (χ0v) is 17.1. The maximum atomic E-state index is 13.6. The molecule has 1 saturated carbocycles. The number of carbonyl (C=O) groups excluding carboxylic acids is 1. The average molecular weight is 390 g/mol. The first-order valence-corrected chi connectivity index (χ1v) is 10.6. The molecule has 1 aromatic carbocycles. The Balaban J connectivity index is 1.69. The van der Waals surface area contributed by atoms with E-state index in [0.717, 1.165) is 79.1 Å². The summed E-state index contributed by atoms with van der Waals surface area (Å²) in [6, 6.07) is 12.1. The van der Waals surface area contributed by atoms with E-state index in [1.165, 1.54) is 0 Å². The molecule has 6 heteroatoms. The summed E-state index contributed by atoms with van der Waals surface area (Å²) in [6.07, 6.45) is 3.06. The van der Waals surface area contributed by atoms with Gasteiger partial charge in [-0.1, -0.05) is 25.1 Å². The third kappa shape index (κ3) is 3.31. The van der Waals surface area contributed by atoms with Crippen LogP contribution in [-0.2, 0) is 6.42 Å². The number of aryl methyl sites for hydroxylation is 1. The quantitative estimate of drug-likeness (QED) is 0.687. The minimum Gasteiger partial charge on any atom is -0.336 e. The highest BCUT2D eigenvalue weighted by molar-refractivity contribution is 6.07. The van der Waals surface area contributed by atoms with Gasteiger partial charge in [-0.2, -0.15) is 5.10 Å². The van der Waals surface area contributed by atoms with Crippen molar-refractivity contribution < 1.29 is 4.79 Å². The second-order valence-corrected chi connectivity index (χ2v) is 8.22. The molecule has 1 saturated heterocycles. The summed E-state index contributed by atoms with van der Waals surface area (Å²) in [5.74, 6) is 0.561. The topological polar surface area (TPSA) is 54.3 Å². The Hall–Kier alpha value is -2.73. The van der Waals surface area contributed by atoms with Crippen LogP contribution in [0.1, 0.15) is 47.4 Å². The van der Waals surface area contributed by atoms with Crippen molar-refractivity contribution in [3.05, 3.63) is 53.3 Å². The molecule has 0 spiro atoms. The van der Waals surface area contributed by atoms with E-state index in [1.807, 2.05) is 46.0 Å². The zero-order chi connectivity index (χ0) is 20.0. The van der Waals surface area contributed by atoms with Gasteiger partial charge in [0.15, 0.2) is 5.65 Å². The fourth-order valence-electron chi connectivity index (χ4n) is 4.12. The van der Waals surface area contributed by atoms with Gasteiger partial charge in [-0.25, -0.2) is 9.67 Å². The number of benzene rings is 1. The number of nitrogens with zero attached hydrogens (tertiary/aromatic N) is 5. The Morgan fingerprint density at radius 1 is 1.10 bits per heavy atom. The molecule has 1 amide bonds. The number of likely N-dealkylation sites (N-methyl/N-ethyl adjacent to an activating group) is 1. The number of para-hydroxylation sites is 1. The highest BCUT2D eigenvalue weighted by Gasteiger charge is 2.33. The summed E-state index contributed by atoms with van der Waals surface area (Å²) < 4.78 is 1.93. The van der Waals surface area contributed by atoms with Gasteiger partial charge >= 0.3 is 0 Å². The lowest BCUT2D eigenvalue weighted by Gasteiger charge is -2.32. The largest absolute Gasteiger partial charge is 0.336 e. The summed E-state index contributed by atoms with van der Waals surface area (Å²) in [5, 5.41) is 5.93. The van der Waals surface area contributed by atoms with Gasteiger partial charge in [0.05, 0.1) is 22.3 Å². The minimum atomic E-state index is 0.120. The fraction of sp³-hybridized carbons (Fsp3) is 0.435. The smallest absolute Gasteiger partial charge is 0.254 e. The van der Waals surface area contributed by atoms with Crippen LogP contribution in [0.4, 0.5) is 0 Å². The summed E-state index contributed by atoms with van der Waals surface area (Å²) >= 11 is 0. The van der Waals surface area contributed by atoms with Crippen LogP contribution >= 0.6 is 0 Å². The maximum Gasteiger partial charge on any atom is 0.254 e. The highest BCUT2D eigenvalue weighted by Crippen LogP contribution is 2.43. The number of rotatable bonds is 4. The van der Waals surface area contributed by atoms with Crippen LogP contribution in [0.15, 0.2) is 36.4 Å². The van der Waals surface area contributed by atoms with Gasteiger partial charge in [0.2, 0.25) is 0 Å². The summed E-state index contributed by atoms with van der Waals surface area (Å²) in [5.41, 5.74) is 4.56. The molecule has 3 aromatic rings. The Labute approximate surface area is 171 Å². The van der Waals surface area contributed by atoms with E-state index in [4.69, 9.17) is 10.1 Å². The van der Waals surface area contributed by atoms with Crippen molar-refractivity contribution in [2.45, 2.75) is 32.1 Å². The molecule has 0 N–H and O–H groups in total. The molecule has 2 fully saturated rings. The van der Waals surface area contributed by atoms with E-state index in [1.54, 1.807) is 0 Å². The Kier molecular flexibility index (Phi) is 4.59. The van der Waals surface area contributed by atoms with Crippen molar-refractivity contribution in [3.63, 3.8) is 0 Å². The number of hydrogen-bond acceptors (Lipinski definition) is 4. The lowest BCUT2D eigenvalue weighted by atomic mass is 10.0. The van der Waals surface area contributed by atoms with Crippen molar-refractivity contribution >= 4 is 16.9 Å². The van der Waals surface area contributed by atoms with Gasteiger partial charge in [-0.3, -0.25) is 4.79 Å². The van der Waals surface area contributed by atoms with E-state index < -0.39 is 0 Å². The van der Waals surface area contributed by atoms with Gasteiger partial charge in [-0.05, 0) is 44.5 Å². The van der Waals surface area contributed by atoms with Gasteiger partial charge in [0.1, 0.15) is 0 Å². The number of hydrogen-bond donors (Lipinski definition) is 0. The molecule has 2 aliphatic rings. The normalized spacial score (nSPS) is 17.8. The molecule has 5 rings (SSSR count). The molecular weight excluding hydrogens is 362 g/mol. The van der Waals surface area contributed by atoms with Crippen molar-refractivity contribution in [2.24, 2.45) is 0 Å². The standard InChI is InChI=1S/C23H27N5O/c1-3-17-15-19(23(29)27-13-11-26(2)12-14-27)20-21(16-9-10-16)25-28(22(20)24-17)18-7-5-4-6-8-18/h4-8,15-16H,3,9-14H2,1-2H3. The molecule has 0 bridgehead atoms. The molecule has 0 atom stereocenters. The predicted octanol–water partition coefficient (Wildman–Crippen LogP) is 3.25. The first kappa shape index (κ1) is 18.3. The Morgan fingerprint density at radius 3 is 2.48 bits per heavy atom. The molecule has 150 valence electrons. The number of aromatic nitrogens is 3. The van der Waals surface area contributed by atoms with E-state index in [2.05, 4.69) is 18.9 Å². The molecule has 2 aromatic heterocycles. The van der Waals surface area contributed by atoms with Crippen LogP contribution < -0.4 is 0 Å². The summed E-state index contributed by atoms with van der Waals surface area (Å²) in [6.45, 7) is 5.46. The Bertz CT molecular complexity index is 1050. The van der Waals surface area contributed by atoms with Gasteiger partial charge in [0.25, 0.3) is 5.91 Å². The molecule has 1 aliphatic heterocycles. The van der Waals surface area contributed by atoms with Crippen molar-refractivity contribution in [1.29, 1.82) is 0 Å². The van der Waals surface area contributed by atoms with Crippen LogP contribution in [0.5, 0.6) is 0 Å². The molecular formula is C23H27N5O. The first-order valence-electron chi connectivity index (χ1n) is 10.6. The summed E-state index contributed by atoms with van der Waals surface area (Å²) in [7, 11) is 2.11. The fourth-order valence-corrected chi connectivity index (χ4v) is 4.12. The van der Waals surface area contributed by atoms with Crippen LogP contribution in [0.2, 0.25) is 0 Å². The molecule has 0 radical (unpaired) electrons. The van der Waals surface area contributed by atoms with E-state index in [-0.39, 0.29) is 5.91 Å². The Morgan fingerprint density at radius 2 is 1.83 bits per heavy atom. The number of amides is 1. The van der Waals surface area contributed by atoms with Crippen molar-refractivity contribution in [2.75, 3.05) is 33.2 Å². The molecule has 1 aliphatic carbocycles. The van der Waals surface area contributed by atoms with Gasteiger partial charge < -0.3 is 9.80 Å². The number of piperazine rings is 1. The van der Waals surface area contributed by atoms with E-state index in [0.29, 0.717) is 5.92 Å². The molecule has 29 heavy (non-hydrogen) atoms. The average Bonchev–Trinajstić information content (AvgIpc) is 3.54. The minimum absolute atomic E-state index is 0.120. The zero-order valence-electron chi connectivity index (χ0n) is 17.1.